The van der Waals surface area contributed by atoms with Gasteiger partial charge in [-0.15, -0.1) is 0 Å². The van der Waals surface area contributed by atoms with Gasteiger partial charge < -0.3 is 14.6 Å². The van der Waals surface area contributed by atoms with Crippen molar-refractivity contribution in [2.75, 3.05) is 12.4 Å². The Hall–Kier alpha value is -1.73. The van der Waals surface area contributed by atoms with Crippen LogP contribution in [0.1, 0.15) is 56.5 Å². The largest absolute Gasteiger partial charge is 0.374 e. The lowest BCUT2D eigenvalue weighted by molar-refractivity contribution is -0.116. The number of amides is 1. The maximum absolute atomic E-state index is 12.2. The first kappa shape index (κ1) is 18.6. The van der Waals surface area contributed by atoms with Crippen LogP contribution in [0.2, 0.25) is 0 Å². The number of aryl methyl sites for hydroxylation is 1. The number of anilines is 1. The summed E-state index contributed by atoms with van der Waals surface area (Å²) in [4.78, 5) is 16.4. The van der Waals surface area contributed by atoms with Gasteiger partial charge in [-0.05, 0) is 36.6 Å². The van der Waals surface area contributed by atoms with E-state index in [0.717, 1.165) is 15.7 Å². The van der Waals surface area contributed by atoms with E-state index in [1.807, 2.05) is 25.1 Å². The fourth-order valence-corrected chi connectivity index (χ4v) is 2.58. The van der Waals surface area contributed by atoms with E-state index >= 15 is 0 Å². The van der Waals surface area contributed by atoms with Gasteiger partial charge in [-0.2, -0.15) is 4.98 Å². The highest BCUT2D eigenvalue weighted by Gasteiger charge is 2.15. The van der Waals surface area contributed by atoms with Gasteiger partial charge in [-0.1, -0.05) is 34.9 Å². The summed E-state index contributed by atoms with van der Waals surface area (Å²) in [5.74, 6) is 1.15. The molecule has 1 amide bonds. The summed E-state index contributed by atoms with van der Waals surface area (Å²) in [6.07, 6.45) is 0.437. The van der Waals surface area contributed by atoms with E-state index in [0.29, 0.717) is 24.1 Å². The highest BCUT2D eigenvalue weighted by molar-refractivity contribution is 9.10. The molecule has 0 aliphatic rings. The first-order chi connectivity index (χ1) is 11.4. The van der Waals surface area contributed by atoms with Gasteiger partial charge in [0.2, 0.25) is 11.8 Å². The number of benzene rings is 1. The monoisotopic (exact) mass is 395 g/mol. The minimum absolute atomic E-state index is 0.0845. The number of aromatic nitrogens is 2. The quantitative estimate of drug-likeness (QED) is 0.758. The molecular weight excluding hydrogens is 374 g/mol. The number of nitrogens with zero attached hydrogens (tertiary/aromatic N) is 2. The molecule has 0 fully saturated rings. The predicted molar refractivity (Wildman–Crippen MR) is 94.9 cm³/mol. The number of ether oxygens (including phenoxy) is 1. The summed E-state index contributed by atoms with van der Waals surface area (Å²) < 4.78 is 11.3. The Morgan fingerprint density at radius 3 is 2.79 bits per heavy atom. The molecule has 0 aliphatic heterocycles. The smallest absolute Gasteiger partial charge is 0.227 e. The van der Waals surface area contributed by atoms with Crippen LogP contribution in [-0.4, -0.2) is 23.2 Å². The van der Waals surface area contributed by atoms with Gasteiger partial charge in [0, 0.05) is 30.1 Å². The van der Waals surface area contributed by atoms with Crippen LogP contribution in [0.4, 0.5) is 5.69 Å². The zero-order chi connectivity index (χ0) is 17.7. The lowest BCUT2D eigenvalue weighted by Crippen LogP contribution is -2.14. The van der Waals surface area contributed by atoms with Gasteiger partial charge in [0.1, 0.15) is 6.10 Å². The van der Waals surface area contributed by atoms with Crippen LogP contribution in [0, 0.1) is 0 Å². The van der Waals surface area contributed by atoms with E-state index in [4.69, 9.17) is 9.26 Å². The molecule has 6 nitrogen and oxygen atoms in total. The Morgan fingerprint density at radius 2 is 2.12 bits per heavy atom. The SMILES string of the molecule is CO[C@H](C)c1noc(CCC(=O)Nc2ccc(Br)cc2C(C)C)n1. The highest BCUT2D eigenvalue weighted by Crippen LogP contribution is 2.27. The average molecular weight is 396 g/mol. The highest BCUT2D eigenvalue weighted by atomic mass is 79.9. The zero-order valence-electron chi connectivity index (χ0n) is 14.3. The summed E-state index contributed by atoms with van der Waals surface area (Å²) in [5, 5.41) is 6.80. The van der Waals surface area contributed by atoms with Gasteiger partial charge in [-0.25, -0.2) is 0 Å². The van der Waals surface area contributed by atoms with Crippen LogP contribution in [0.15, 0.2) is 27.2 Å². The Balaban J connectivity index is 1.95. The number of carbonyl (C=O) groups is 1. The number of methoxy groups -OCH3 is 1. The topological polar surface area (TPSA) is 77.2 Å². The van der Waals surface area contributed by atoms with Crippen molar-refractivity contribution < 1.29 is 14.1 Å². The molecular formula is C17H22BrN3O3. The van der Waals surface area contributed by atoms with Crippen LogP contribution in [0.3, 0.4) is 0 Å². The van der Waals surface area contributed by atoms with Crippen LogP contribution in [-0.2, 0) is 16.0 Å². The molecule has 2 aromatic rings. The Morgan fingerprint density at radius 1 is 1.38 bits per heavy atom. The van der Waals surface area contributed by atoms with Gasteiger partial charge in [-0.3, -0.25) is 4.79 Å². The Kier molecular flexibility index (Phi) is 6.51. The third kappa shape index (κ3) is 4.88. The van der Waals surface area contributed by atoms with E-state index in [-0.39, 0.29) is 18.4 Å². The third-order valence-electron chi connectivity index (χ3n) is 3.68. The third-order valence-corrected chi connectivity index (χ3v) is 4.17. The maximum Gasteiger partial charge on any atom is 0.227 e. The van der Waals surface area contributed by atoms with Crippen molar-refractivity contribution in [3.63, 3.8) is 0 Å². The van der Waals surface area contributed by atoms with Crippen molar-refractivity contribution >= 4 is 27.5 Å². The molecule has 24 heavy (non-hydrogen) atoms. The fraction of sp³-hybridized carbons (Fsp3) is 0.471. The van der Waals surface area contributed by atoms with E-state index in [1.54, 1.807) is 7.11 Å². The lowest BCUT2D eigenvalue weighted by Gasteiger charge is -2.14. The normalized spacial score (nSPS) is 12.4. The molecule has 0 unspecified atom stereocenters. The summed E-state index contributed by atoms with van der Waals surface area (Å²) >= 11 is 3.46. The average Bonchev–Trinajstić information content (AvgIpc) is 3.02. The summed E-state index contributed by atoms with van der Waals surface area (Å²) in [6, 6.07) is 5.84. The van der Waals surface area contributed by atoms with Crippen LogP contribution in [0.5, 0.6) is 0 Å². The molecule has 1 aromatic heterocycles. The maximum atomic E-state index is 12.2. The molecule has 0 spiro atoms. The van der Waals surface area contributed by atoms with Crippen molar-refractivity contribution in [3.8, 4) is 0 Å². The number of nitrogens with one attached hydrogen (secondary N) is 1. The Labute approximate surface area is 150 Å². The number of hydrogen-bond donors (Lipinski definition) is 1. The van der Waals surface area contributed by atoms with Gasteiger partial charge >= 0.3 is 0 Å². The zero-order valence-corrected chi connectivity index (χ0v) is 15.9. The molecule has 130 valence electrons. The van der Waals surface area contributed by atoms with Crippen molar-refractivity contribution in [2.45, 2.75) is 45.6 Å². The van der Waals surface area contributed by atoms with Crippen LogP contribution < -0.4 is 5.32 Å². The molecule has 0 saturated carbocycles. The van der Waals surface area contributed by atoms with E-state index < -0.39 is 0 Å². The Bertz CT molecular complexity index is 700. The summed E-state index contributed by atoms with van der Waals surface area (Å²) in [5.41, 5.74) is 1.92. The van der Waals surface area contributed by atoms with Gasteiger partial charge in [0.05, 0.1) is 0 Å². The van der Waals surface area contributed by atoms with Crippen LogP contribution in [0.25, 0.3) is 0 Å². The first-order valence-electron chi connectivity index (χ1n) is 7.85. The number of rotatable bonds is 7. The number of halogens is 1. The molecule has 7 heteroatoms. The fourth-order valence-electron chi connectivity index (χ4n) is 2.20. The van der Waals surface area contributed by atoms with Crippen molar-refractivity contribution in [2.24, 2.45) is 0 Å². The minimum Gasteiger partial charge on any atom is -0.374 e. The second-order valence-electron chi connectivity index (χ2n) is 5.86. The van der Waals surface area contributed by atoms with Crippen molar-refractivity contribution in [1.29, 1.82) is 0 Å². The molecule has 1 atom stereocenters. The number of carbonyl (C=O) groups excluding carboxylic acids is 1. The standard InChI is InChI=1S/C17H22BrN3O3/c1-10(2)13-9-12(18)5-6-14(13)19-15(22)7-8-16-20-17(21-24-16)11(3)23-4/h5-6,9-11H,7-8H2,1-4H3,(H,19,22)/t11-/m1/s1. The number of hydrogen-bond acceptors (Lipinski definition) is 5. The molecule has 0 aliphatic carbocycles. The molecule has 1 N–H and O–H groups in total. The second kappa shape index (κ2) is 8.39. The van der Waals surface area contributed by atoms with Crippen LogP contribution >= 0.6 is 15.9 Å². The van der Waals surface area contributed by atoms with Gasteiger partial charge in [0.25, 0.3) is 0 Å². The van der Waals surface area contributed by atoms with Gasteiger partial charge in [0.15, 0.2) is 5.82 Å². The van der Waals surface area contributed by atoms with Crippen molar-refractivity contribution in [3.05, 3.63) is 40.0 Å². The van der Waals surface area contributed by atoms with Crippen molar-refractivity contribution in [1.82, 2.24) is 10.1 Å². The first-order valence-corrected chi connectivity index (χ1v) is 8.64. The molecule has 0 radical (unpaired) electrons. The van der Waals surface area contributed by atoms with E-state index in [9.17, 15) is 4.79 Å². The summed E-state index contributed by atoms with van der Waals surface area (Å²) in [6.45, 7) is 6.02. The predicted octanol–water partition coefficient (Wildman–Crippen LogP) is 4.23. The van der Waals surface area contributed by atoms with E-state index in [2.05, 4.69) is 45.2 Å². The molecule has 1 heterocycles. The summed E-state index contributed by atoms with van der Waals surface area (Å²) in [7, 11) is 1.58. The lowest BCUT2D eigenvalue weighted by atomic mass is 10.0. The minimum atomic E-state index is -0.229. The molecule has 2 rings (SSSR count). The molecule has 0 bridgehead atoms. The molecule has 1 aromatic carbocycles. The molecule has 0 saturated heterocycles. The second-order valence-corrected chi connectivity index (χ2v) is 6.77. The van der Waals surface area contributed by atoms with E-state index in [1.165, 1.54) is 0 Å².